The Hall–Kier alpha value is -0.190. The molecule has 1 aromatic rings. The maximum atomic E-state index is 5.74. The van der Waals surface area contributed by atoms with E-state index < -0.39 is 0 Å². The number of hydrogen-bond donors (Lipinski definition) is 1. The number of nitrogen functional groups attached to an aromatic ring is 1. The smallest absolute Gasteiger partial charge is 0.0582 e. The van der Waals surface area contributed by atoms with Gasteiger partial charge in [-0.1, -0.05) is 0 Å². The van der Waals surface area contributed by atoms with Crippen molar-refractivity contribution in [2.75, 3.05) is 12.8 Å². The monoisotopic (exact) mass is 315 g/mol. The van der Waals surface area contributed by atoms with Gasteiger partial charge in [-0.05, 0) is 59.8 Å². The van der Waals surface area contributed by atoms with Crippen LogP contribution >= 0.6 is 27.7 Å². The number of halogens is 1. The molecule has 94 valence electrons. The predicted octanol–water partition coefficient (Wildman–Crippen LogP) is 4.08. The van der Waals surface area contributed by atoms with Crippen LogP contribution in [-0.2, 0) is 4.74 Å². The standard InChI is InChI=1S/C13H18BrNOS/c1-16-10-3-2-4-11(8-10)17-13-6-5-9(15)7-12(13)14/h5-7,10-11H,2-4,8,15H2,1H3. The van der Waals surface area contributed by atoms with Gasteiger partial charge in [0.05, 0.1) is 6.10 Å². The van der Waals surface area contributed by atoms with Crippen LogP contribution in [0.3, 0.4) is 0 Å². The van der Waals surface area contributed by atoms with E-state index in [4.69, 9.17) is 10.5 Å². The van der Waals surface area contributed by atoms with Crippen LogP contribution in [0.2, 0.25) is 0 Å². The summed E-state index contributed by atoms with van der Waals surface area (Å²) in [5.41, 5.74) is 6.55. The summed E-state index contributed by atoms with van der Waals surface area (Å²) < 4.78 is 6.56. The summed E-state index contributed by atoms with van der Waals surface area (Å²) in [6.07, 6.45) is 5.34. The molecule has 1 aliphatic rings. The summed E-state index contributed by atoms with van der Waals surface area (Å²) in [6.45, 7) is 0. The van der Waals surface area contributed by atoms with Gasteiger partial charge >= 0.3 is 0 Å². The summed E-state index contributed by atoms with van der Waals surface area (Å²) in [5.74, 6) is 0. The van der Waals surface area contributed by atoms with Crippen LogP contribution in [0.5, 0.6) is 0 Å². The lowest BCUT2D eigenvalue weighted by molar-refractivity contribution is 0.0730. The highest BCUT2D eigenvalue weighted by Gasteiger charge is 2.22. The van der Waals surface area contributed by atoms with Crippen molar-refractivity contribution in [1.82, 2.24) is 0 Å². The summed E-state index contributed by atoms with van der Waals surface area (Å²) in [7, 11) is 1.82. The number of methoxy groups -OCH3 is 1. The van der Waals surface area contributed by atoms with E-state index in [1.807, 2.05) is 31.0 Å². The Kier molecular flexibility index (Phi) is 4.77. The highest BCUT2D eigenvalue weighted by Crippen LogP contribution is 2.38. The van der Waals surface area contributed by atoms with Gasteiger partial charge in [0.2, 0.25) is 0 Å². The molecule has 0 spiro atoms. The zero-order valence-corrected chi connectivity index (χ0v) is 12.4. The molecule has 1 fully saturated rings. The molecule has 2 atom stereocenters. The second kappa shape index (κ2) is 6.12. The lowest BCUT2D eigenvalue weighted by Gasteiger charge is -2.27. The van der Waals surface area contributed by atoms with Gasteiger partial charge in [-0.2, -0.15) is 0 Å². The molecule has 2 rings (SSSR count). The highest BCUT2D eigenvalue weighted by molar-refractivity contribution is 9.10. The van der Waals surface area contributed by atoms with Crippen LogP contribution < -0.4 is 5.73 Å². The molecule has 0 saturated heterocycles. The van der Waals surface area contributed by atoms with Crippen molar-refractivity contribution in [2.45, 2.75) is 41.9 Å². The average molecular weight is 316 g/mol. The van der Waals surface area contributed by atoms with Crippen LogP contribution in [-0.4, -0.2) is 18.5 Å². The Morgan fingerprint density at radius 2 is 2.24 bits per heavy atom. The summed E-state index contributed by atoms with van der Waals surface area (Å²) in [4.78, 5) is 1.28. The van der Waals surface area contributed by atoms with E-state index >= 15 is 0 Å². The number of hydrogen-bond acceptors (Lipinski definition) is 3. The minimum atomic E-state index is 0.439. The summed E-state index contributed by atoms with van der Waals surface area (Å²) in [5, 5.41) is 0.661. The zero-order chi connectivity index (χ0) is 12.3. The number of nitrogens with two attached hydrogens (primary N) is 1. The van der Waals surface area contributed by atoms with Gasteiger partial charge in [0.25, 0.3) is 0 Å². The maximum Gasteiger partial charge on any atom is 0.0582 e. The normalized spacial score (nSPS) is 24.8. The summed E-state index contributed by atoms with van der Waals surface area (Å²) in [6, 6.07) is 6.03. The fourth-order valence-corrected chi connectivity index (χ4v) is 4.16. The second-order valence-electron chi connectivity index (χ2n) is 4.45. The van der Waals surface area contributed by atoms with Gasteiger partial charge in [-0.15, -0.1) is 11.8 Å². The van der Waals surface area contributed by atoms with Crippen LogP contribution in [0.25, 0.3) is 0 Å². The van der Waals surface area contributed by atoms with Crippen molar-refractivity contribution in [1.29, 1.82) is 0 Å². The molecule has 1 saturated carbocycles. The van der Waals surface area contributed by atoms with Crippen molar-refractivity contribution >= 4 is 33.4 Å². The van der Waals surface area contributed by atoms with Gasteiger partial charge in [-0.3, -0.25) is 0 Å². The Labute approximate surface area is 115 Å². The number of benzene rings is 1. The Bertz CT molecular complexity index is 386. The molecular weight excluding hydrogens is 298 g/mol. The minimum Gasteiger partial charge on any atom is -0.399 e. The first-order valence-electron chi connectivity index (χ1n) is 5.93. The van der Waals surface area contributed by atoms with E-state index in [1.54, 1.807) is 0 Å². The fourth-order valence-electron chi connectivity index (χ4n) is 2.22. The third-order valence-corrected chi connectivity index (χ3v) is 5.45. The molecule has 0 amide bonds. The van der Waals surface area contributed by atoms with Gasteiger partial charge < -0.3 is 10.5 Å². The van der Waals surface area contributed by atoms with Crippen LogP contribution in [0.4, 0.5) is 5.69 Å². The molecule has 2 nitrogen and oxygen atoms in total. The first-order chi connectivity index (χ1) is 8.19. The minimum absolute atomic E-state index is 0.439. The molecule has 1 aliphatic carbocycles. The predicted molar refractivity (Wildman–Crippen MR) is 77.5 cm³/mol. The van der Waals surface area contributed by atoms with Gasteiger partial charge in [0.15, 0.2) is 0 Å². The molecule has 0 bridgehead atoms. The Morgan fingerprint density at radius 3 is 2.94 bits per heavy atom. The molecule has 1 aromatic carbocycles. The van der Waals surface area contributed by atoms with Crippen LogP contribution in [0.1, 0.15) is 25.7 Å². The number of anilines is 1. The SMILES string of the molecule is COC1CCCC(Sc2ccc(N)cc2Br)C1. The van der Waals surface area contributed by atoms with Gasteiger partial charge in [-0.25, -0.2) is 0 Å². The molecule has 0 radical (unpaired) electrons. The first kappa shape index (κ1) is 13.2. The lowest BCUT2D eigenvalue weighted by Crippen LogP contribution is -2.23. The van der Waals surface area contributed by atoms with Crippen molar-refractivity contribution in [2.24, 2.45) is 0 Å². The number of thioether (sulfide) groups is 1. The van der Waals surface area contributed by atoms with Crippen molar-refractivity contribution in [3.05, 3.63) is 22.7 Å². The largest absolute Gasteiger partial charge is 0.399 e. The topological polar surface area (TPSA) is 35.2 Å². The third kappa shape index (κ3) is 3.63. The quantitative estimate of drug-likeness (QED) is 0.853. The van der Waals surface area contributed by atoms with Gasteiger partial charge in [0.1, 0.15) is 0 Å². The molecule has 17 heavy (non-hydrogen) atoms. The van der Waals surface area contributed by atoms with E-state index in [9.17, 15) is 0 Å². The lowest BCUT2D eigenvalue weighted by atomic mass is 9.97. The van der Waals surface area contributed by atoms with Crippen molar-refractivity contribution < 1.29 is 4.74 Å². The van der Waals surface area contributed by atoms with Crippen molar-refractivity contribution in [3.8, 4) is 0 Å². The molecular formula is C13H18BrNOS. The maximum absolute atomic E-state index is 5.74. The third-order valence-electron chi connectivity index (χ3n) is 3.16. The van der Waals surface area contributed by atoms with E-state index in [2.05, 4.69) is 22.0 Å². The van der Waals surface area contributed by atoms with E-state index in [0.29, 0.717) is 11.4 Å². The molecule has 4 heteroatoms. The highest BCUT2D eigenvalue weighted by atomic mass is 79.9. The van der Waals surface area contributed by atoms with Gasteiger partial charge in [0, 0.05) is 27.4 Å². The molecule has 2 unspecified atom stereocenters. The van der Waals surface area contributed by atoms with E-state index in [1.165, 1.54) is 24.2 Å². The molecule has 0 aromatic heterocycles. The number of rotatable bonds is 3. The van der Waals surface area contributed by atoms with Crippen LogP contribution in [0, 0.1) is 0 Å². The Morgan fingerprint density at radius 1 is 1.41 bits per heavy atom. The zero-order valence-electron chi connectivity index (χ0n) is 9.99. The molecule has 0 aliphatic heterocycles. The molecule has 2 N–H and O–H groups in total. The second-order valence-corrected chi connectivity index (χ2v) is 6.65. The molecule has 0 heterocycles. The average Bonchev–Trinajstić information content (AvgIpc) is 2.33. The summed E-state index contributed by atoms with van der Waals surface area (Å²) >= 11 is 5.51. The fraction of sp³-hybridized carbons (Fsp3) is 0.538. The van der Waals surface area contributed by atoms with Crippen molar-refractivity contribution in [3.63, 3.8) is 0 Å². The first-order valence-corrected chi connectivity index (χ1v) is 7.61. The van der Waals surface area contributed by atoms with E-state index in [-0.39, 0.29) is 0 Å². The number of ether oxygens (including phenoxy) is 1. The van der Waals surface area contributed by atoms with E-state index in [0.717, 1.165) is 16.6 Å². The Balaban J connectivity index is 2.00. The van der Waals surface area contributed by atoms with Crippen LogP contribution in [0.15, 0.2) is 27.6 Å².